The summed E-state index contributed by atoms with van der Waals surface area (Å²) >= 11 is 0. The van der Waals surface area contributed by atoms with Crippen LogP contribution in [-0.4, -0.2) is 5.71 Å². The van der Waals surface area contributed by atoms with E-state index >= 15 is 0 Å². The molecule has 0 aliphatic heterocycles. The Morgan fingerprint density at radius 1 is 0.456 bits per heavy atom. The van der Waals surface area contributed by atoms with Gasteiger partial charge in [0.2, 0.25) is 0 Å². The zero-order valence-electron chi connectivity index (χ0n) is 39.1. The number of rotatable bonds is 9. The first-order chi connectivity index (χ1) is 33.5. The summed E-state index contributed by atoms with van der Waals surface area (Å²) in [5.41, 5.74) is 17.7. The summed E-state index contributed by atoms with van der Waals surface area (Å²) in [4.78, 5) is 5.67. The van der Waals surface area contributed by atoms with Crippen molar-refractivity contribution in [1.82, 2.24) is 0 Å². The van der Waals surface area contributed by atoms with Crippen LogP contribution in [0.25, 0.3) is 99.4 Å². The van der Waals surface area contributed by atoms with Gasteiger partial charge in [-0.25, -0.2) is 0 Å². The molecule has 1 radical (unpaired) electrons. The number of aryl methyl sites for hydroxylation is 1. The van der Waals surface area contributed by atoms with Crippen molar-refractivity contribution < 1.29 is 0 Å². The third-order valence-corrected chi connectivity index (χ3v) is 14.0. The second-order valence-electron chi connectivity index (χ2n) is 17.6. The lowest BCUT2D eigenvalue weighted by atomic mass is 9.82. The fourth-order valence-electron chi connectivity index (χ4n) is 10.8. The van der Waals surface area contributed by atoms with E-state index in [4.69, 9.17) is 4.99 Å². The topological polar surface area (TPSA) is 12.4 Å². The van der Waals surface area contributed by atoms with Gasteiger partial charge < -0.3 is 0 Å². The highest BCUT2D eigenvalue weighted by Gasteiger charge is 2.32. The molecule has 11 aromatic carbocycles. The van der Waals surface area contributed by atoms with Gasteiger partial charge in [-0.1, -0.05) is 215 Å². The maximum absolute atomic E-state index is 5.67. The number of fused-ring (bicyclic) bond motifs is 9. The maximum Gasteiger partial charge on any atom is 0.0732 e. The Hall–Kier alpha value is -8.13. The maximum atomic E-state index is 5.67. The lowest BCUT2D eigenvalue weighted by molar-refractivity contribution is 0.821. The first-order valence-corrected chi connectivity index (χ1v) is 23.9. The molecule has 1 heteroatoms. The van der Waals surface area contributed by atoms with Crippen LogP contribution in [0.4, 0.5) is 0 Å². The molecule has 0 saturated carbocycles. The minimum Gasteiger partial charge on any atom is -0.276 e. The lowest BCUT2D eigenvalue weighted by Crippen LogP contribution is -2.09. The van der Waals surface area contributed by atoms with Crippen molar-refractivity contribution in [3.8, 4) is 33.4 Å². The Morgan fingerprint density at radius 2 is 1.00 bits per heavy atom. The molecule has 0 N–H and O–H groups in total. The summed E-state index contributed by atoms with van der Waals surface area (Å²) in [7, 11) is 0. The van der Waals surface area contributed by atoms with Gasteiger partial charge in [0.25, 0.3) is 0 Å². The standard InChI is InChI=1S/C65H46N.C2H6/c1-5-47-48(6-2)57-37-61(56-36-46-24-13-14-25-49(46)51-27-16-18-29-53(51)56)59(38-58(57)52-28-17-15-26-50(47)52)54-30-19-31-55-60-39-62(60)64(40(3)63(54)55)65(45-22-11-8-12-23-45)66-41(4)42-32-34-44(35-33-42)43-20-9-7-10-21-43;1-2/h5-39,41H,1-2H2,3-4H3;1-2H3. The molecule has 0 bridgehead atoms. The molecule has 68 heavy (non-hydrogen) atoms. The minimum absolute atomic E-state index is 0.0779. The monoisotopic (exact) mass is 870 g/mol. The van der Waals surface area contributed by atoms with Crippen molar-refractivity contribution >= 4 is 71.7 Å². The Labute approximate surface area is 400 Å². The highest BCUT2D eigenvalue weighted by Crippen LogP contribution is 2.50. The zero-order chi connectivity index (χ0) is 46.5. The van der Waals surface area contributed by atoms with Gasteiger partial charge in [0.1, 0.15) is 0 Å². The molecule has 0 amide bonds. The molecule has 1 aliphatic rings. The molecule has 0 fully saturated rings. The summed E-state index contributed by atoms with van der Waals surface area (Å²) in [6.45, 7) is 17.2. The molecular formula is C67H52N. The van der Waals surface area contributed by atoms with Crippen molar-refractivity contribution in [1.29, 1.82) is 0 Å². The molecule has 12 rings (SSSR count). The predicted octanol–water partition coefficient (Wildman–Crippen LogP) is 18.6. The van der Waals surface area contributed by atoms with Crippen LogP contribution in [-0.2, 0) is 0 Å². The first kappa shape index (κ1) is 42.5. The van der Waals surface area contributed by atoms with Gasteiger partial charge in [-0.05, 0) is 153 Å². The van der Waals surface area contributed by atoms with E-state index in [1.165, 1.54) is 110 Å². The summed E-state index contributed by atoms with van der Waals surface area (Å²) in [6, 6.07) is 70.8. The van der Waals surface area contributed by atoms with Crippen molar-refractivity contribution in [2.45, 2.75) is 33.7 Å². The minimum atomic E-state index is -0.0779. The van der Waals surface area contributed by atoms with E-state index in [0.29, 0.717) is 0 Å². The second kappa shape index (κ2) is 17.6. The molecule has 325 valence electrons. The fraction of sp³-hybridized carbons (Fsp3) is 0.0746. The average molecular weight is 871 g/mol. The molecule has 0 saturated heterocycles. The summed E-state index contributed by atoms with van der Waals surface area (Å²) in [6.07, 6.45) is 6.37. The van der Waals surface area contributed by atoms with Gasteiger partial charge >= 0.3 is 0 Å². The van der Waals surface area contributed by atoms with E-state index in [0.717, 1.165) is 27.8 Å². The van der Waals surface area contributed by atoms with Crippen LogP contribution in [0.15, 0.2) is 212 Å². The second-order valence-corrected chi connectivity index (χ2v) is 17.6. The predicted molar refractivity (Wildman–Crippen MR) is 296 cm³/mol. The summed E-state index contributed by atoms with van der Waals surface area (Å²) in [5, 5.41) is 12.2. The molecule has 1 aliphatic carbocycles. The molecule has 0 spiro atoms. The van der Waals surface area contributed by atoms with Gasteiger partial charge in [-0.3, -0.25) is 4.99 Å². The van der Waals surface area contributed by atoms with Gasteiger partial charge in [0, 0.05) is 17.5 Å². The van der Waals surface area contributed by atoms with Crippen LogP contribution in [0.3, 0.4) is 0 Å². The Kier molecular flexibility index (Phi) is 11.0. The van der Waals surface area contributed by atoms with Gasteiger partial charge in [0.15, 0.2) is 0 Å². The van der Waals surface area contributed by atoms with Crippen LogP contribution in [0.2, 0.25) is 0 Å². The van der Waals surface area contributed by atoms with E-state index in [9.17, 15) is 0 Å². The third-order valence-electron chi connectivity index (χ3n) is 14.0. The summed E-state index contributed by atoms with van der Waals surface area (Å²) < 4.78 is 0. The van der Waals surface area contributed by atoms with Crippen molar-refractivity contribution in [2.24, 2.45) is 4.99 Å². The quantitative estimate of drug-likeness (QED) is 0.101. The van der Waals surface area contributed by atoms with Gasteiger partial charge in [-0.15, -0.1) is 0 Å². The smallest absolute Gasteiger partial charge is 0.0732 e. The van der Waals surface area contributed by atoms with Crippen LogP contribution in [0.5, 0.6) is 0 Å². The van der Waals surface area contributed by atoms with Crippen LogP contribution in [0, 0.1) is 13.3 Å². The van der Waals surface area contributed by atoms with Crippen LogP contribution < -0.4 is 0 Å². The number of nitrogens with zero attached hydrogens (tertiary/aromatic N) is 1. The van der Waals surface area contributed by atoms with Crippen molar-refractivity contribution in [2.75, 3.05) is 0 Å². The normalized spacial score (nSPS) is 12.5. The molecule has 1 atom stereocenters. The molecule has 0 heterocycles. The first-order valence-electron chi connectivity index (χ1n) is 23.9. The van der Waals surface area contributed by atoms with Crippen molar-refractivity contribution in [3.63, 3.8) is 0 Å². The number of benzene rings is 11. The highest BCUT2D eigenvalue weighted by atomic mass is 14.8. The Morgan fingerprint density at radius 3 is 1.71 bits per heavy atom. The van der Waals surface area contributed by atoms with E-state index in [-0.39, 0.29) is 6.04 Å². The summed E-state index contributed by atoms with van der Waals surface area (Å²) in [5.74, 6) is 0. The Bertz CT molecular complexity index is 3820. The molecule has 11 aromatic rings. The number of hydrogen-bond acceptors (Lipinski definition) is 1. The highest BCUT2D eigenvalue weighted by molar-refractivity contribution is 6.24. The fourth-order valence-corrected chi connectivity index (χ4v) is 10.8. The number of hydrogen-bond donors (Lipinski definition) is 0. The Balaban J connectivity index is 0.00000250. The largest absolute Gasteiger partial charge is 0.276 e. The third kappa shape index (κ3) is 7.06. The van der Waals surface area contributed by atoms with E-state index in [2.05, 4.69) is 228 Å². The molecule has 1 unspecified atom stereocenters. The van der Waals surface area contributed by atoms with E-state index < -0.39 is 0 Å². The zero-order valence-corrected chi connectivity index (χ0v) is 39.1. The van der Waals surface area contributed by atoms with E-state index in [1.54, 1.807) is 0 Å². The molecule has 0 aromatic heterocycles. The SMILES string of the molecule is C=Cc1c(C=C)c2cc(-c3cc4ccccc4c4ccccc34)c(-c3cccc4c5c(c(C(=NC(C)c6ccc(-c7ccccc7)cc6)c6ccccc6)c(C)c34)[CH]5)cc2c2ccccc12.CC. The van der Waals surface area contributed by atoms with Gasteiger partial charge in [0.05, 0.1) is 11.8 Å². The van der Waals surface area contributed by atoms with Gasteiger partial charge in [-0.2, -0.15) is 0 Å². The number of aliphatic imine (C=N–C) groups is 1. The average Bonchev–Trinajstić information content (AvgIpc) is 4.21. The van der Waals surface area contributed by atoms with Crippen LogP contribution >= 0.6 is 0 Å². The van der Waals surface area contributed by atoms with Crippen LogP contribution in [0.1, 0.15) is 71.3 Å². The molecular weight excluding hydrogens is 819 g/mol. The van der Waals surface area contributed by atoms with E-state index in [1.807, 2.05) is 26.0 Å². The lowest BCUT2D eigenvalue weighted by Gasteiger charge is -2.21. The molecule has 1 nitrogen and oxygen atoms in total. The van der Waals surface area contributed by atoms with Crippen molar-refractivity contribution in [3.05, 3.63) is 258 Å².